The van der Waals surface area contributed by atoms with Crippen molar-refractivity contribution in [2.45, 2.75) is 30.3 Å². The Morgan fingerprint density at radius 2 is 1.71 bits per heavy atom. The molecule has 0 radical (unpaired) electrons. The molecule has 3 heterocycles. The summed E-state index contributed by atoms with van der Waals surface area (Å²) in [6, 6.07) is 13.9. The maximum Gasteiger partial charge on any atom is 0.243 e. The molecule has 31 heavy (non-hydrogen) atoms. The van der Waals surface area contributed by atoms with Gasteiger partial charge in [0.05, 0.1) is 18.1 Å². The number of fused-ring (bicyclic) bond motifs is 1. The van der Waals surface area contributed by atoms with Crippen LogP contribution in [0.1, 0.15) is 30.0 Å². The maximum absolute atomic E-state index is 13.0. The van der Waals surface area contributed by atoms with Crippen molar-refractivity contribution in [1.82, 2.24) is 9.21 Å². The highest BCUT2D eigenvalue weighted by atomic mass is 32.2. The number of hydrogen-bond donors (Lipinski definition) is 0. The minimum Gasteiger partial charge on any atom is -0.486 e. The van der Waals surface area contributed by atoms with Crippen LogP contribution in [0.4, 0.5) is 0 Å². The first-order valence-corrected chi connectivity index (χ1v) is 12.4. The van der Waals surface area contributed by atoms with Crippen molar-refractivity contribution in [2.75, 3.05) is 46.1 Å². The van der Waals surface area contributed by atoms with E-state index in [4.69, 9.17) is 14.2 Å². The third kappa shape index (κ3) is 4.30. The lowest BCUT2D eigenvalue weighted by molar-refractivity contribution is 0.0730. The zero-order valence-electron chi connectivity index (χ0n) is 17.5. The van der Waals surface area contributed by atoms with E-state index in [-0.39, 0.29) is 6.04 Å². The van der Waals surface area contributed by atoms with Crippen LogP contribution >= 0.6 is 0 Å². The van der Waals surface area contributed by atoms with E-state index in [1.54, 1.807) is 6.07 Å². The topological polar surface area (TPSA) is 68.3 Å². The highest BCUT2D eigenvalue weighted by molar-refractivity contribution is 7.89. The molecule has 7 nitrogen and oxygen atoms in total. The summed E-state index contributed by atoms with van der Waals surface area (Å²) in [5, 5.41) is 0. The summed E-state index contributed by atoms with van der Waals surface area (Å²) in [5.74, 6) is 1.62. The Hall–Kier alpha value is -2.13. The molecule has 3 aliphatic heterocycles. The van der Waals surface area contributed by atoms with Gasteiger partial charge in [-0.25, -0.2) is 8.42 Å². The molecule has 0 aromatic heterocycles. The van der Waals surface area contributed by atoms with E-state index >= 15 is 0 Å². The number of nitrogens with zero attached hydrogens (tertiary/aromatic N) is 2. The quantitative estimate of drug-likeness (QED) is 0.707. The number of hydrogen-bond acceptors (Lipinski definition) is 6. The molecule has 2 saturated heterocycles. The Morgan fingerprint density at radius 1 is 0.903 bits per heavy atom. The van der Waals surface area contributed by atoms with Crippen molar-refractivity contribution >= 4 is 10.0 Å². The van der Waals surface area contributed by atoms with E-state index in [0.29, 0.717) is 51.0 Å². The van der Waals surface area contributed by atoms with Crippen LogP contribution in [0.15, 0.2) is 47.4 Å². The first-order valence-electron chi connectivity index (χ1n) is 10.9. The van der Waals surface area contributed by atoms with E-state index in [1.165, 1.54) is 9.87 Å². The molecule has 166 valence electrons. The van der Waals surface area contributed by atoms with Crippen LogP contribution in [0.25, 0.3) is 0 Å². The molecule has 0 bridgehead atoms. The van der Waals surface area contributed by atoms with Crippen molar-refractivity contribution in [1.29, 1.82) is 0 Å². The predicted molar refractivity (Wildman–Crippen MR) is 116 cm³/mol. The van der Waals surface area contributed by atoms with Gasteiger partial charge in [0.15, 0.2) is 11.5 Å². The van der Waals surface area contributed by atoms with Crippen LogP contribution in [0.3, 0.4) is 0 Å². The molecule has 0 saturated carbocycles. The molecule has 2 fully saturated rings. The molecular weight excluding hydrogens is 416 g/mol. The molecule has 8 heteroatoms. The lowest BCUT2D eigenvalue weighted by Crippen LogP contribution is -2.40. The summed E-state index contributed by atoms with van der Waals surface area (Å²) >= 11 is 0. The average Bonchev–Trinajstić information content (AvgIpc) is 3.27. The minimum absolute atomic E-state index is 0.287. The second-order valence-corrected chi connectivity index (χ2v) is 10.1. The highest BCUT2D eigenvalue weighted by Crippen LogP contribution is 2.38. The van der Waals surface area contributed by atoms with Gasteiger partial charge >= 0.3 is 0 Å². The lowest BCUT2D eigenvalue weighted by atomic mass is 10.0. The fraction of sp³-hybridized carbons (Fsp3) is 0.478. The van der Waals surface area contributed by atoms with Gasteiger partial charge in [-0.3, -0.25) is 4.90 Å². The minimum atomic E-state index is -3.49. The average molecular weight is 445 g/mol. The highest BCUT2D eigenvalue weighted by Gasteiger charge is 2.29. The normalized spacial score (nSPS) is 22.5. The standard InChI is InChI=1S/C23H28N2O5S/c26-31(27,25-9-11-28-12-10-25)20-4-1-3-18(15-20)17-24-8-2-5-21(24)19-6-7-22-23(16-19)30-14-13-29-22/h1,3-4,6-7,15-16,21H,2,5,8-14,17H2. The molecule has 0 spiro atoms. The molecule has 0 amide bonds. The van der Waals surface area contributed by atoms with Crippen molar-refractivity contribution in [3.63, 3.8) is 0 Å². The van der Waals surface area contributed by atoms with Gasteiger partial charge in [0, 0.05) is 25.7 Å². The Morgan fingerprint density at radius 3 is 2.55 bits per heavy atom. The van der Waals surface area contributed by atoms with Gasteiger partial charge in [-0.05, 0) is 54.8 Å². The zero-order valence-corrected chi connectivity index (χ0v) is 18.4. The van der Waals surface area contributed by atoms with Gasteiger partial charge in [-0.2, -0.15) is 4.31 Å². The Labute approximate surface area is 183 Å². The summed E-state index contributed by atoms with van der Waals surface area (Å²) in [4.78, 5) is 2.79. The van der Waals surface area contributed by atoms with Gasteiger partial charge < -0.3 is 14.2 Å². The third-order valence-electron chi connectivity index (χ3n) is 6.21. The number of benzene rings is 2. The van der Waals surface area contributed by atoms with Crippen molar-refractivity contribution in [2.24, 2.45) is 0 Å². The summed E-state index contributed by atoms with van der Waals surface area (Å²) in [5.41, 5.74) is 2.23. The van der Waals surface area contributed by atoms with E-state index in [1.807, 2.05) is 24.3 Å². The summed E-state index contributed by atoms with van der Waals surface area (Å²) in [6.45, 7) is 4.58. The predicted octanol–water partition coefficient (Wildman–Crippen LogP) is 2.82. The Balaban J connectivity index is 1.34. The molecule has 1 unspecified atom stereocenters. The van der Waals surface area contributed by atoms with Gasteiger partial charge in [0.1, 0.15) is 13.2 Å². The number of likely N-dealkylation sites (tertiary alicyclic amines) is 1. The molecular formula is C23H28N2O5S. The third-order valence-corrected chi connectivity index (χ3v) is 8.10. The van der Waals surface area contributed by atoms with E-state index < -0.39 is 10.0 Å². The lowest BCUT2D eigenvalue weighted by Gasteiger charge is -2.28. The number of morpholine rings is 1. The fourth-order valence-corrected chi connectivity index (χ4v) is 6.11. The first kappa shape index (κ1) is 20.8. The smallest absolute Gasteiger partial charge is 0.243 e. The first-order chi connectivity index (χ1) is 15.1. The van der Waals surface area contributed by atoms with Crippen LogP contribution in [0.5, 0.6) is 11.5 Å². The van der Waals surface area contributed by atoms with Crippen LogP contribution in [0, 0.1) is 0 Å². The number of sulfonamides is 1. The van der Waals surface area contributed by atoms with Crippen LogP contribution in [-0.2, 0) is 21.3 Å². The van der Waals surface area contributed by atoms with Crippen molar-refractivity contribution in [3.05, 3.63) is 53.6 Å². The SMILES string of the molecule is O=S(=O)(c1cccc(CN2CCCC2c2ccc3c(c2)OCCO3)c1)N1CCOCC1. The second-order valence-electron chi connectivity index (χ2n) is 8.20. The fourth-order valence-electron chi connectivity index (χ4n) is 4.63. The van der Waals surface area contributed by atoms with E-state index in [2.05, 4.69) is 17.0 Å². The van der Waals surface area contributed by atoms with Crippen LogP contribution < -0.4 is 9.47 Å². The molecule has 0 aliphatic carbocycles. The van der Waals surface area contributed by atoms with Crippen LogP contribution in [0.2, 0.25) is 0 Å². The van der Waals surface area contributed by atoms with Crippen molar-refractivity contribution in [3.8, 4) is 11.5 Å². The monoisotopic (exact) mass is 444 g/mol. The number of ether oxygens (including phenoxy) is 3. The van der Waals surface area contributed by atoms with Gasteiger partial charge in [0.2, 0.25) is 10.0 Å². The molecule has 2 aromatic carbocycles. The molecule has 1 atom stereocenters. The molecule has 0 N–H and O–H groups in total. The van der Waals surface area contributed by atoms with Crippen LogP contribution in [-0.4, -0.2) is 63.7 Å². The summed E-state index contributed by atoms with van der Waals surface area (Å²) in [7, 11) is -3.49. The maximum atomic E-state index is 13.0. The molecule has 5 rings (SSSR count). The van der Waals surface area contributed by atoms with E-state index in [9.17, 15) is 8.42 Å². The van der Waals surface area contributed by atoms with Gasteiger partial charge in [0.25, 0.3) is 0 Å². The van der Waals surface area contributed by atoms with E-state index in [0.717, 1.165) is 36.4 Å². The Bertz CT molecular complexity index is 1040. The molecule has 2 aromatic rings. The zero-order chi connectivity index (χ0) is 21.3. The molecule has 3 aliphatic rings. The summed E-state index contributed by atoms with van der Waals surface area (Å²) < 4.78 is 44.3. The van der Waals surface area contributed by atoms with Gasteiger partial charge in [-0.1, -0.05) is 18.2 Å². The number of rotatable bonds is 5. The summed E-state index contributed by atoms with van der Waals surface area (Å²) in [6.07, 6.45) is 2.19. The second kappa shape index (κ2) is 8.78. The Kier molecular flexibility index (Phi) is 5.88. The van der Waals surface area contributed by atoms with Gasteiger partial charge in [-0.15, -0.1) is 0 Å². The van der Waals surface area contributed by atoms with Crippen molar-refractivity contribution < 1.29 is 22.6 Å². The largest absolute Gasteiger partial charge is 0.486 e.